The van der Waals surface area contributed by atoms with E-state index >= 15 is 0 Å². The summed E-state index contributed by atoms with van der Waals surface area (Å²) in [6, 6.07) is 1.84. The van der Waals surface area contributed by atoms with Gasteiger partial charge in [0.25, 0.3) is 0 Å². The minimum Gasteiger partial charge on any atom is -0.377 e. The minimum atomic E-state index is 0.343. The first-order valence-corrected chi connectivity index (χ1v) is 4.29. The zero-order valence-electron chi connectivity index (χ0n) is 6.65. The topological polar surface area (TPSA) is 90.4 Å². The van der Waals surface area contributed by atoms with Crippen LogP contribution in [0.1, 0.15) is 11.5 Å². The van der Waals surface area contributed by atoms with Crippen molar-refractivity contribution in [3.05, 3.63) is 17.5 Å². The molecule has 0 aromatic carbocycles. The molecule has 1 aromatic heterocycles. The van der Waals surface area contributed by atoms with Crippen LogP contribution in [0.15, 0.2) is 15.7 Å². The van der Waals surface area contributed by atoms with Crippen molar-refractivity contribution in [3.63, 3.8) is 0 Å². The van der Waals surface area contributed by atoms with Gasteiger partial charge in [-0.1, -0.05) is 16.9 Å². The van der Waals surface area contributed by atoms with Crippen LogP contribution >= 0.6 is 11.8 Å². The molecule has 0 fully saturated rings. The molecule has 12 heavy (non-hydrogen) atoms. The van der Waals surface area contributed by atoms with Crippen LogP contribution in [0.25, 0.3) is 0 Å². The molecule has 0 spiro atoms. The van der Waals surface area contributed by atoms with Crippen molar-refractivity contribution in [1.29, 1.82) is 0 Å². The Morgan fingerprint density at radius 2 is 2.58 bits per heavy atom. The Hall–Kier alpha value is -1.17. The van der Waals surface area contributed by atoms with E-state index in [2.05, 4.69) is 10.3 Å². The lowest BCUT2D eigenvalue weighted by Gasteiger charge is -1.93. The maximum Gasteiger partial charge on any atom is 0.177 e. The second-order valence-corrected chi connectivity index (χ2v) is 3.18. The van der Waals surface area contributed by atoms with Crippen molar-refractivity contribution in [2.75, 3.05) is 0 Å². The van der Waals surface area contributed by atoms with Crippen LogP contribution in [-0.2, 0) is 5.75 Å². The lowest BCUT2D eigenvalue weighted by atomic mass is 10.4. The number of thioether (sulfide) groups is 1. The summed E-state index contributed by atoms with van der Waals surface area (Å²) < 4.78 is 4.86. The quantitative estimate of drug-likeness (QED) is 0.302. The van der Waals surface area contributed by atoms with Gasteiger partial charge in [0.05, 0.1) is 5.69 Å². The van der Waals surface area contributed by atoms with Gasteiger partial charge in [0.15, 0.2) is 5.17 Å². The maximum atomic E-state index is 5.36. The van der Waals surface area contributed by atoms with Gasteiger partial charge >= 0.3 is 0 Å². The van der Waals surface area contributed by atoms with E-state index in [-0.39, 0.29) is 0 Å². The summed E-state index contributed by atoms with van der Waals surface area (Å²) in [5.41, 5.74) is 6.19. The van der Waals surface area contributed by atoms with Crippen LogP contribution < -0.4 is 11.6 Å². The van der Waals surface area contributed by atoms with Crippen molar-refractivity contribution in [3.8, 4) is 0 Å². The van der Waals surface area contributed by atoms with E-state index in [9.17, 15) is 0 Å². The van der Waals surface area contributed by atoms with Crippen LogP contribution in [0.3, 0.4) is 0 Å². The van der Waals surface area contributed by atoms with Crippen LogP contribution in [0.4, 0.5) is 0 Å². The minimum absolute atomic E-state index is 0.343. The lowest BCUT2D eigenvalue weighted by molar-refractivity contribution is 0.393. The fraction of sp³-hybridized carbons (Fsp3) is 0.333. The molecule has 0 aliphatic heterocycles. The Balaban J connectivity index is 2.43. The monoisotopic (exact) mass is 186 g/mol. The fourth-order valence-corrected chi connectivity index (χ4v) is 1.18. The van der Waals surface area contributed by atoms with Gasteiger partial charge in [0.2, 0.25) is 0 Å². The summed E-state index contributed by atoms with van der Waals surface area (Å²) in [5.74, 6) is 6.35. The summed E-state index contributed by atoms with van der Waals surface area (Å²) in [5, 5.41) is 7.43. The second kappa shape index (κ2) is 4.01. The summed E-state index contributed by atoms with van der Waals surface area (Å²) in [7, 11) is 0. The number of rotatable bonds is 2. The highest BCUT2D eigenvalue weighted by atomic mass is 32.2. The van der Waals surface area contributed by atoms with E-state index in [1.54, 1.807) is 0 Å². The summed E-state index contributed by atoms with van der Waals surface area (Å²) in [4.78, 5) is 0. The molecular formula is C6H10N4OS. The number of hydrazone groups is 1. The Bertz CT molecular complexity index is 283. The maximum absolute atomic E-state index is 5.36. The van der Waals surface area contributed by atoms with Gasteiger partial charge in [-0.15, -0.1) is 0 Å². The highest BCUT2D eigenvalue weighted by molar-refractivity contribution is 8.13. The summed E-state index contributed by atoms with van der Waals surface area (Å²) in [6.07, 6.45) is 0. The Morgan fingerprint density at radius 1 is 1.83 bits per heavy atom. The third-order valence-electron chi connectivity index (χ3n) is 1.17. The van der Waals surface area contributed by atoms with Crippen molar-refractivity contribution in [2.45, 2.75) is 12.7 Å². The predicted molar refractivity (Wildman–Crippen MR) is 48.3 cm³/mol. The molecule has 0 unspecified atom stereocenters. The zero-order chi connectivity index (χ0) is 8.97. The average molecular weight is 186 g/mol. The highest BCUT2D eigenvalue weighted by Gasteiger charge is 2.01. The molecule has 0 bridgehead atoms. The van der Waals surface area contributed by atoms with Crippen LogP contribution in [-0.4, -0.2) is 10.3 Å². The molecule has 4 N–H and O–H groups in total. The van der Waals surface area contributed by atoms with Gasteiger partial charge in [-0.3, -0.25) is 0 Å². The number of hydrogen-bond acceptors (Lipinski definition) is 5. The number of nitrogens with two attached hydrogens (primary N) is 2. The van der Waals surface area contributed by atoms with E-state index in [0.29, 0.717) is 10.9 Å². The molecule has 66 valence electrons. The van der Waals surface area contributed by atoms with Gasteiger partial charge in [-0.25, -0.2) is 0 Å². The standard InChI is InChI=1S/C6H10N4OS/c1-4-2-5(10-11-4)3-12-6(7)9-8/h2H,3,8H2,1H3,(H2,7,9). The average Bonchev–Trinajstić information content (AvgIpc) is 2.47. The molecule has 1 rings (SSSR count). The van der Waals surface area contributed by atoms with Gasteiger partial charge < -0.3 is 16.1 Å². The molecule has 0 saturated carbocycles. The Kier molecular flexibility index (Phi) is 2.98. The molecule has 1 heterocycles. The summed E-state index contributed by atoms with van der Waals surface area (Å²) >= 11 is 1.32. The first kappa shape index (κ1) is 8.92. The molecule has 0 aliphatic rings. The van der Waals surface area contributed by atoms with Crippen LogP contribution in [0.2, 0.25) is 0 Å². The van der Waals surface area contributed by atoms with E-state index in [0.717, 1.165) is 11.5 Å². The molecule has 0 amide bonds. The van der Waals surface area contributed by atoms with E-state index in [4.69, 9.17) is 16.1 Å². The van der Waals surface area contributed by atoms with E-state index < -0.39 is 0 Å². The third kappa shape index (κ3) is 2.46. The highest BCUT2D eigenvalue weighted by Crippen LogP contribution is 2.11. The Labute approximate surface area is 74.2 Å². The Morgan fingerprint density at radius 3 is 3.08 bits per heavy atom. The van der Waals surface area contributed by atoms with Gasteiger partial charge in [-0.2, -0.15) is 5.10 Å². The molecule has 0 radical (unpaired) electrons. The number of aromatic nitrogens is 1. The number of nitrogens with zero attached hydrogens (tertiary/aromatic N) is 2. The van der Waals surface area contributed by atoms with E-state index in [1.165, 1.54) is 11.8 Å². The van der Waals surface area contributed by atoms with Gasteiger partial charge in [-0.05, 0) is 6.92 Å². The zero-order valence-corrected chi connectivity index (χ0v) is 7.47. The van der Waals surface area contributed by atoms with Crippen LogP contribution in [0.5, 0.6) is 0 Å². The molecule has 0 aliphatic carbocycles. The van der Waals surface area contributed by atoms with Crippen molar-refractivity contribution in [2.24, 2.45) is 16.7 Å². The van der Waals surface area contributed by atoms with E-state index in [1.807, 2.05) is 13.0 Å². The fourth-order valence-electron chi connectivity index (χ4n) is 0.671. The van der Waals surface area contributed by atoms with Crippen molar-refractivity contribution < 1.29 is 4.52 Å². The SMILES string of the molecule is Cc1cc(CS/C(N)=N/N)no1. The number of amidine groups is 1. The van der Waals surface area contributed by atoms with Crippen molar-refractivity contribution in [1.82, 2.24) is 5.16 Å². The number of hydrogen-bond donors (Lipinski definition) is 2. The molecule has 0 saturated heterocycles. The third-order valence-corrected chi connectivity index (χ3v) is 2.01. The summed E-state index contributed by atoms with van der Waals surface area (Å²) in [6.45, 7) is 1.83. The molecular weight excluding hydrogens is 176 g/mol. The van der Waals surface area contributed by atoms with Gasteiger partial charge in [0, 0.05) is 11.8 Å². The lowest BCUT2D eigenvalue weighted by Crippen LogP contribution is -2.09. The largest absolute Gasteiger partial charge is 0.377 e. The molecule has 1 aromatic rings. The van der Waals surface area contributed by atoms with Crippen molar-refractivity contribution >= 4 is 16.9 Å². The number of aryl methyl sites for hydroxylation is 1. The molecule has 0 atom stereocenters. The smallest absolute Gasteiger partial charge is 0.177 e. The molecule has 6 heteroatoms. The van der Waals surface area contributed by atoms with Gasteiger partial charge in [0.1, 0.15) is 5.76 Å². The van der Waals surface area contributed by atoms with Crippen LogP contribution in [0, 0.1) is 6.92 Å². The molecule has 5 nitrogen and oxygen atoms in total. The first-order chi connectivity index (χ1) is 5.72. The second-order valence-electron chi connectivity index (χ2n) is 2.18. The normalized spacial score (nSPS) is 11.9. The first-order valence-electron chi connectivity index (χ1n) is 3.30. The predicted octanol–water partition coefficient (Wildman–Crippen LogP) is 0.405.